The van der Waals surface area contributed by atoms with Gasteiger partial charge >= 0.3 is 0 Å². The zero-order valence-corrected chi connectivity index (χ0v) is 14.0. The zero-order valence-electron chi connectivity index (χ0n) is 12.4. The van der Waals surface area contributed by atoms with Gasteiger partial charge in [0.15, 0.2) is 0 Å². The number of hydrogen-bond donors (Lipinski definition) is 0. The fraction of sp³-hybridized carbons (Fsp3) is 0.353. The van der Waals surface area contributed by atoms with Crippen LogP contribution in [0.5, 0.6) is 0 Å². The SMILES string of the molecule is Cc1ccc(SCC(=O)N2CCc3sccc3C2)cc1C. The van der Waals surface area contributed by atoms with Crippen LogP contribution in [0.2, 0.25) is 0 Å². The van der Waals surface area contributed by atoms with Gasteiger partial charge in [0.25, 0.3) is 0 Å². The molecule has 0 aliphatic carbocycles. The summed E-state index contributed by atoms with van der Waals surface area (Å²) in [7, 11) is 0. The number of carbonyl (C=O) groups is 1. The Bertz CT molecular complexity index is 663. The molecule has 0 radical (unpaired) electrons. The molecule has 0 unspecified atom stereocenters. The molecule has 1 aromatic carbocycles. The maximum Gasteiger partial charge on any atom is 0.233 e. The standard InChI is InChI=1S/C17H19NOS2/c1-12-3-4-15(9-13(12)2)21-11-17(19)18-7-5-16-14(10-18)6-8-20-16/h3-4,6,8-9H,5,7,10-11H2,1-2H3. The highest BCUT2D eigenvalue weighted by molar-refractivity contribution is 8.00. The topological polar surface area (TPSA) is 20.3 Å². The average Bonchev–Trinajstić information content (AvgIpc) is 2.95. The van der Waals surface area contributed by atoms with E-state index in [9.17, 15) is 4.79 Å². The molecule has 1 aliphatic heterocycles. The van der Waals surface area contributed by atoms with Gasteiger partial charge in [-0.2, -0.15) is 0 Å². The van der Waals surface area contributed by atoms with Crippen LogP contribution in [0.3, 0.4) is 0 Å². The van der Waals surface area contributed by atoms with E-state index in [0.717, 1.165) is 19.5 Å². The van der Waals surface area contributed by atoms with Crippen molar-refractivity contribution < 1.29 is 4.79 Å². The number of thioether (sulfide) groups is 1. The highest BCUT2D eigenvalue weighted by Gasteiger charge is 2.21. The second-order valence-electron chi connectivity index (χ2n) is 5.47. The first-order valence-electron chi connectivity index (χ1n) is 7.16. The maximum absolute atomic E-state index is 12.4. The molecule has 2 nitrogen and oxygen atoms in total. The molecule has 0 atom stereocenters. The molecule has 2 aromatic rings. The summed E-state index contributed by atoms with van der Waals surface area (Å²) in [6.45, 7) is 5.87. The third-order valence-corrected chi connectivity index (χ3v) is 6.00. The smallest absolute Gasteiger partial charge is 0.233 e. The lowest BCUT2D eigenvalue weighted by Gasteiger charge is -2.27. The summed E-state index contributed by atoms with van der Waals surface area (Å²) in [5, 5.41) is 2.13. The summed E-state index contributed by atoms with van der Waals surface area (Å²) in [5.74, 6) is 0.775. The highest BCUT2D eigenvalue weighted by atomic mass is 32.2. The van der Waals surface area contributed by atoms with E-state index in [1.54, 1.807) is 11.8 Å². The first kappa shape index (κ1) is 14.7. The van der Waals surface area contributed by atoms with E-state index in [4.69, 9.17) is 0 Å². The minimum atomic E-state index is 0.245. The van der Waals surface area contributed by atoms with Crippen LogP contribution in [0.15, 0.2) is 34.5 Å². The molecular weight excluding hydrogens is 298 g/mol. The third-order valence-electron chi connectivity index (χ3n) is 4.00. The van der Waals surface area contributed by atoms with E-state index in [-0.39, 0.29) is 5.91 Å². The molecule has 0 saturated carbocycles. The van der Waals surface area contributed by atoms with Crippen molar-refractivity contribution >= 4 is 29.0 Å². The molecule has 0 saturated heterocycles. The van der Waals surface area contributed by atoms with Gasteiger partial charge in [0.1, 0.15) is 0 Å². The van der Waals surface area contributed by atoms with Crippen LogP contribution in [-0.4, -0.2) is 23.1 Å². The Hall–Kier alpha value is -1.26. The molecule has 1 amide bonds. The largest absolute Gasteiger partial charge is 0.337 e. The van der Waals surface area contributed by atoms with Crippen molar-refractivity contribution in [2.75, 3.05) is 12.3 Å². The maximum atomic E-state index is 12.4. The van der Waals surface area contributed by atoms with Crippen LogP contribution in [0.4, 0.5) is 0 Å². The number of nitrogens with zero attached hydrogens (tertiary/aromatic N) is 1. The van der Waals surface area contributed by atoms with Crippen molar-refractivity contribution in [3.63, 3.8) is 0 Å². The summed E-state index contributed by atoms with van der Waals surface area (Å²) in [6, 6.07) is 8.55. The minimum absolute atomic E-state index is 0.245. The Kier molecular flexibility index (Phi) is 4.36. The van der Waals surface area contributed by atoms with Gasteiger partial charge in [-0.1, -0.05) is 6.07 Å². The van der Waals surface area contributed by atoms with E-state index in [0.29, 0.717) is 5.75 Å². The molecule has 0 N–H and O–H groups in total. The molecule has 0 spiro atoms. The van der Waals surface area contributed by atoms with Crippen LogP contribution in [0.1, 0.15) is 21.6 Å². The predicted octanol–water partition coefficient (Wildman–Crippen LogP) is 4.04. The monoisotopic (exact) mass is 317 g/mol. The van der Waals surface area contributed by atoms with Crippen molar-refractivity contribution in [1.82, 2.24) is 4.90 Å². The van der Waals surface area contributed by atoms with Crippen molar-refractivity contribution in [1.29, 1.82) is 0 Å². The molecule has 21 heavy (non-hydrogen) atoms. The fourth-order valence-corrected chi connectivity index (χ4v) is 4.29. The average molecular weight is 317 g/mol. The molecule has 110 valence electrons. The van der Waals surface area contributed by atoms with Gasteiger partial charge in [-0.3, -0.25) is 4.79 Å². The minimum Gasteiger partial charge on any atom is -0.337 e. The summed E-state index contributed by atoms with van der Waals surface area (Å²) < 4.78 is 0. The van der Waals surface area contributed by atoms with Crippen LogP contribution in [0.25, 0.3) is 0 Å². The fourth-order valence-electron chi connectivity index (χ4n) is 2.50. The Morgan fingerprint density at radius 2 is 2.14 bits per heavy atom. The molecule has 1 aliphatic rings. The van der Waals surface area contributed by atoms with Crippen LogP contribution >= 0.6 is 23.1 Å². The quantitative estimate of drug-likeness (QED) is 0.796. The van der Waals surface area contributed by atoms with E-state index in [1.165, 1.54) is 26.5 Å². The third kappa shape index (κ3) is 3.33. The lowest BCUT2D eigenvalue weighted by molar-refractivity contribution is -0.129. The van der Waals surface area contributed by atoms with Crippen molar-refractivity contribution in [2.24, 2.45) is 0 Å². The molecular formula is C17H19NOS2. The second-order valence-corrected chi connectivity index (χ2v) is 7.52. The van der Waals surface area contributed by atoms with Gasteiger partial charge in [0, 0.05) is 22.9 Å². The first-order valence-corrected chi connectivity index (χ1v) is 9.03. The number of aryl methyl sites for hydroxylation is 2. The van der Waals surface area contributed by atoms with Crippen LogP contribution in [-0.2, 0) is 17.8 Å². The van der Waals surface area contributed by atoms with E-state index in [1.807, 2.05) is 16.2 Å². The lowest BCUT2D eigenvalue weighted by atomic mass is 10.1. The number of fused-ring (bicyclic) bond motifs is 1. The lowest BCUT2D eigenvalue weighted by Crippen LogP contribution is -2.36. The molecule has 4 heteroatoms. The van der Waals surface area contributed by atoms with Gasteiger partial charge in [-0.05, 0) is 60.5 Å². The zero-order chi connectivity index (χ0) is 14.8. The van der Waals surface area contributed by atoms with Crippen LogP contribution in [0, 0.1) is 13.8 Å². The molecule has 1 aromatic heterocycles. The van der Waals surface area contributed by atoms with Crippen molar-refractivity contribution in [2.45, 2.75) is 31.7 Å². The van der Waals surface area contributed by atoms with Gasteiger partial charge in [-0.15, -0.1) is 23.1 Å². The molecule has 0 fully saturated rings. The Morgan fingerprint density at radius 1 is 1.29 bits per heavy atom. The number of amides is 1. The molecule has 2 heterocycles. The van der Waals surface area contributed by atoms with E-state index < -0.39 is 0 Å². The summed E-state index contributed by atoms with van der Waals surface area (Å²) in [5.41, 5.74) is 3.91. The molecule has 0 bridgehead atoms. The second kappa shape index (κ2) is 6.24. The number of carbonyl (C=O) groups excluding carboxylic acids is 1. The van der Waals surface area contributed by atoms with Gasteiger partial charge in [-0.25, -0.2) is 0 Å². The van der Waals surface area contributed by atoms with Gasteiger partial charge < -0.3 is 4.90 Å². The van der Waals surface area contributed by atoms with Gasteiger partial charge in [0.05, 0.1) is 5.75 Å². The van der Waals surface area contributed by atoms with Gasteiger partial charge in [0.2, 0.25) is 5.91 Å². The summed E-state index contributed by atoms with van der Waals surface area (Å²) >= 11 is 3.45. The number of hydrogen-bond acceptors (Lipinski definition) is 3. The van der Waals surface area contributed by atoms with E-state index >= 15 is 0 Å². The number of rotatable bonds is 3. The van der Waals surface area contributed by atoms with Crippen molar-refractivity contribution in [3.8, 4) is 0 Å². The normalized spacial score (nSPS) is 14.1. The number of thiophene rings is 1. The molecule has 3 rings (SSSR count). The van der Waals surface area contributed by atoms with E-state index in [2.05, 4.69) is 43.5 Å². The highest BCUT2D eigenvalue weighted by Crippen LogP contribution is 2.26. The Balaban J connectivity index is 1.58. The van der Waals surface area contributed by atoms with Crippen molar-refractivity contribution in [3.05, 3.63) is 51.2 Å². The predicted molar refractivity (Wildman–Crippen MR) is 90.1 cm³/mol. The number of benzene rings is 1. The summed E-state index contributed by atoms with van der Waals surface area (Å²) in [6.07, 6.45) is 1.01. The first-order chi connectivity index (χ1) is 10.1. The van der Waals surface area contributed by atoms with Crippen LogP contribution < -0.4 is 0 Å². The Labute approximate surface area is 134 Å². The Morgan fingerprint density at radius 3 is 2.95 bits per heavy atom. The summed E-state index contributed by atoms with van der Waals surface area (Å²) in [4.78, 5) is 17.0.